The maximum atomic E-state index is 14.1. The standard InChI is InChI=1S/C29H34F3N3O3/c1-18-9-20-11-25(37-2)22(12-26(20)38-18)15-34-8-6-28(17-34,13-19-3-4-19)27(36)35-7-5-24-21(16-35)10-23(14-33-24)29(30,31)32/h10-12,14,18-19H,3-9,13,15-17H2,1-2H3. The Balaban J connectivity index is 1.21. The highest BCUT2D eigenvalue weighted by molar-refractivity contribution is 5.84. The van der Waals surface area contributed by atoms with E-state index in [2.05, 4.69) is 28.9 Å². The van der Waals surface area contributed by atoms with E-state index >= 15 is 0 Å². The third-order valence-corrected chi connectivity index (χ3v) is 8.61. The number of methoxy groups -OCH3 is 1. The summed E-state index contributed by atoms with van der Waals surface area (Å²) in [7, 11) is 1.68. The highest BCUT2D eigenvalue weighted by Gasteiger charge is 2.49. The molecule has 2 atom stereocenters. The summed E-state index contributed by atoms with van der Waals surface area (Å²) in [5.74, 6) is 2.38. The molecule has 3 aliphatic heterocycles. The van der Waals surface area contributed by atoms with Gasteiger partial charge in [0.05, 0.1) is 18.1 Å². The number of carbonyl (C=O) groups excluding carboxylic acids is 1. The fourth-order valence-corrected chi connectivity index (χ4v) is 6.52. The van der Waals surface area contributed by atoms with Gasteiger partial charge in [-0.1, -0.05) is 12.8 Å². The van der Waals surface area contributed by atoms with Crippen LogP contribution in [-0.4, -0.2) is 53.5 Å². The molecule has 4 heterocycles. The molecule has 38 heavy (non-hydrogen) atoms. The second-order valence-corrected chi connectivity index (χ2v) is 11.6. The van der Waals surface area contributed by atoms with Gasteiger partial charge in [-0.2, -0.15) is 13.2 Å². The lowest BCUT2D eigenvalue weighted by atomic mass is 9.79. The molecule has 0 radical (unpaired) electrons. The largest absolute Gasteiger partial charge is 0.496 e. The van der Waals surface area contributed by atoms with E-state index in [4.69, 9.17) is 9.47 Å². The van der Waals surface area contributed by atoms with E-state index in [-0.39, 0.29) is 18.6 Å². The lowest BCUT2D eigenvalue weighted by molar-refractivity contribution is -0.143. The molecular formula is C29H34F3N3O3. The molecule has 1 saturated heterocycles. The van der Waals surface area contributed by atoms with Crippen molar-refractivity contribution in [1.82, 2.24) is 14.8 Å². The normalized spacial score (nSPS) is 25.2. The highest BCUT2D eigenvalue weighted by Crippen LogP contribution is 2.47. The Hall–Kier alpha value is -2.81. The second kappa shape index (κ2) is 9.43. The van der Waals surface area contributed by atoms with E-state index in [1.807, 2.05) is 0 Å². The molecule has 0 N–H and O–H groups in total. The molecular weight excluding hydrogens is 495 g/mol. The third-order valence-electron chi connectivity index (χ3n) is 8.61. The van der Waals surface area contributed by atoms with Crippen LogP contribution in [0.1, 0.15) is 60.6 Å². The molecule has 1 aromatic carbocycles. The van der Waals surface area contributed by atoms with Crippen molar-refractivity contribution in [1.29, 1.82) is 0 Å². The molecule has 2 fully saturated rings. The van der Waals surface area contributed by atoms with Gasteiger partial charge in [0.2, 0.25) is 5.91 Å². The molecule has 6 nitrogen and oxygen atoms in total. The first-order valence-corrected chi connectivity index (χ1v) is 13.6. The van der Waals surface area contributed by atoms with Crippen LogP contribution < -0.4 is 9.47 Å². The molecule has 0 spiro atoms. The monoisotopic (exact) mass is 529 g/mol. The van der Waals surface area contributed by atoms with Crippen molar-refractivity contribution in [2.45, 2.75) is 70.8 Å². The summed E-state index contributed by atoms with van der Waals surface area (Å²) in [4.78, 5) is 22.3. The SMILES string of the molecule is COc1cc2c(cc1CN1CCC(CC3CC3)(C(=O)N3CCc4ncc(C(F)(F)F)cc4C3)C1)OC(C)C2. The number of alkyl halides is 3. The van der Waals surface area contributed by atoms with Crippen LogP contribution in [-0.2, 0) is 36.9 Å². The smallest absolute Gasteiger partial charge is 0.417 e. The van der Waals surface area contributed by atoms with Gasteiger partial charge in [-0.15, -0.1) is 0 Å². The van der Waals surface area contributed by atoms with Crippen molar-refractivity contribution in [3.63, 3.8) is 0 Å². The Labute approximate surface area is 221 Å². The average molecular weight is 530 g/mol. The van der Waals surface area contributed by atoms with Crippen molar-refractivity contribution in [3.8, 4) is 11.5 Å². The van der Waals surface area contributed by atoms with Crippen molar-refractivity contribution in [3.05, 3.63) is 52.3 Å². The second-order valence-electron chi connectivity index (χ2n) is 11.6. The molecule has 1 amide bonds. The number of hydrogen-bond acceptors (Lipinski definition) is 5. The fourth-order valence-electron chi connectivity index (χ4n) is 6.52. The molecule has 2 unspecified atom stereocenters. The predicted molar refractivity (Wildman–Crippen MR) is 135 cm³/mol. The van der Waals surface area contributed by atoms with Gasteiger partial charge in [-0.25, -0.2) is 0 Å². The fraction of sp³-hybridized carbons (Fsp3) is 0.586. The summed E-state index contributed by atoms with van der Waals surface area (Å²) in [6, 6.07) is 5.31. The van der Waals surface area contributed by atoms with Gasteiger partial charge in [0.25, 0.3) is 0 Å². The lowest BCUT2D eigenvalue weighted by Crippen LogP contribution is -2.47. The summed E-state index contributed by atoms with van der Waals surface area (Å²) >= 11 is 0. The number of pyridine rings is 1. The molecule has 9 heteroatoms. The summed E-state index contributed by atoms with van der Waals surface area (Å²) in [6.45, 7) is 4.83. The van der Waals surface area contributed by atoms with Crippen molar-refractivity contribution >= 4 is 5.91 Å². The number of carbonyl (C=O) groups is 1. The molecule has 4 aliphatic rings. The molecule has 1 saturated carbocycles. The number of fused-ring (bicyclic) bond motifs is 2. The van der Waals surface area contributed by atoms with Crippen LogP contribution in [0.4, 0.5) is 13.2 Å². The molecule has 6 rings (SSSR count). The molecule has 1 aliphatic carbocycles. The van der Waals surface area contributed by atoms with Crippen molar-refractivity contribution in [2.24, 2.45) is 11.3 Å². The number of nitrogens with zero attached hydrogens (tertiary/aromatic N) is 3. The van der Waals surface area contributed by atoms with E-state index in [0.717, 1.165) is 67.5 Å². The van der Waals surface area contributed by atoms with E-state index in [9.17, 15) is 18.0 Å². The Kier molecular flexibility index (Phi) is 6.32. The van der Waals surface area contributed by atoms with Crippen LogP contribution >= 0.6 is 0 Å². The highest BCUT2D eigenvalue weighted by atomic mass is 19.4. The number of rotatable bonds is 6. The van der Waals surface area contributed by atoms with Gasteiger partial charge >= 0.3 is 6.18 Å². The van der Waals surface area contributed by atoms with E-state index in [1.165, 1.54) is 6.07 Å². The van der Waals surface area contributed by atoms with Crippen LogP contribution in [0, 0.1) is 11.3 Å². The van der Waals surface area contributed by atoms with Crippen LogP contribution in [0.25, 0.3) is 0 Å². The Morgan fingerprint density at radius 2 is 2.03 bits per heavy atom. The number of hydrogen-bond donors (Lipinski definition) is 0. The first kappa shape index (κ1) is 25.5. The minimum Gasteiger partial charge on any atom is -0.496 e. The Morgan fingerprint density at radius 1 is 1.21 bits per heavy atom. The summed E-state index contributed by atoms with van der Waals surface area (Å²) in [6.07, 6.45) is 1.84. The molecule has 0 bridgehead atoms. The summed E-state index contributed by atoms with van der Waals surface area (Å²) in [5.41, 5.74) is 2.11. The minimum absolute atomic E-state index is 0.0769. The predicted octanol–water partition coefficient (Wildman–Crippen LogP) is 5.01. The number of benzene rings is 1. The van der Waals surface area contributed by atoms with Crippen LogP contribution in [0.3, 0.4) is 0 Å². The number of aromatic nitrogens is 1. The number of halogens is 3. The van der Waals surface area contributed by atoms with E-state index in [0.29, 0.717) is 43.2 Å². The van der Waals surface area contributed by atoms with Crippen molar-refractivity contribution < 1.29 is 27.4 Å². The maximum absolute atomic E-state index is 14.1. The first-order valence-electron chi connectivity index (χ1n) is 13.6. The Bertz CT molecular complexity index is 1250. The molecule has 204 valence electrons. The maximum Gasteiger partial charge on any atom is 0.417 e. The number of ether oxygens (including phenoxy) is 2. The van der Waals surface area contributed by atoms with E-state index in [1.54, 1.807) is 12.0 Å². The van der Waals surface area contributed by atoms with Gasteiger partial charge in [0, 0.05) is 62.0 Å². The van der Waals surface area contributed by atoms with Gasteiger partial charge < -0.3 is 14.4 Å². The number of amides is 1. The summed E-state index contributed by atoms with van der Waals surface area (Å²) in [5, 5.41) is 0. The third kappa shape index (κ3) is 4.85. The average Bonchev–Trinajstić information content (AvgIpc) is 3.48. The summed E-state index contributed by atoms with van der Waals surface area (Å²) < 4.78 is 51.6. The Morgan fingerprint density at radius 3 is 2.76 bits per heavy atom. The minimum atomic E-state index is -4.45. The first-order chi connectivity index (χ1) is 18.1. The van der Waals surface area contributed by atoms with E-state index < -0.39 is 17.2 Å². The quantitative estimate of drug-likeness (QED) is 0.527. The molecule has 1 aromatic heterocycles. The van der Waals surface area contributed by atoms with Crippen LogP contribution in [0.5, 0.6) is 11.5 Å². The number of likely N-dealkylation sites (tertiary alicyclic amines) is 1. The zero-order valence-corrected chi connectivity index (χ0v) is 21.9. The van der Waals surface area contributed by atoms with Crippen molar-refractivity contribution in [2.75, 3.05) is 26.7 Å². The van der Waals surface area contributed by atoms with Crippen LogP contribution in [0.15, 0.2) is 24.4 Å². The molecule has 2 aromatic rings. The van der Waals surface area contributed by atoms with Gasteiger partial charge in [-0.05, 0) is 56.0 Å². The van der Waals surface area contributed by atoms with Gasteiger partial charge in [0.15, 0.2) is 0 Å². The lowest BCUT2D eigenvalue weighted by Gasteiger charge is -2.37. The van der Waals surface area contributed by atoms with Crippen LogP contribution in [0.2, 0.25) is 0 Å². The zero-order chi connectivity index (χ0) is 26.7. The van der Waals surface area contributed by atoms with Gasteiger partial charge in [-0.3, -0.25) is 14.7 Å². The zero-order valence-electron chi connectivity index (χ0n) is 21.9. The van der Waals surface area contributed by atoms with Gasteiger partial charge in [0.1, 0.15) is 17.6 Å². The topological polar surface area (TPSA) is 54.9 Å².